The molecule has 0 bridgehead atoms. The van der Waals surface area contributed by atoms with Gasteiger partial charge < -0.3 is 263 Å². The van der Waals surface area contributed by atoms with Crippen molar-refractivity contribution in [2.45, 2.75) is 458 Å². The first-order chi connectivity index (χ1) is 69.8. The van der Waals surface area contributed by atoms with Crippen molar-refractivity contribution in [2.24, 2.45) is 50.2 Å². The monoisotopic (exact) mass is 2150 g/mol. The standard InChI is InChI=1S/C94H154O54/c1-30-46(102)54(110)62(118)78(130-30)141-70-39(24-98)136-82(66(122)59(70)115)142-71-40(25-99)137-83(67(123)60(71)116)148-88(126)94-18-16-89(4,5)20-34(94)33-10-11-44-90(6)14-13-45(91(7,29-100)43(90)12-15-93(44,9)92(33,8)17-19-94)140-87-75(49(105)35(101)26-127-87)146-84-68(124)73(48(104)32(3)131-84)144-77-61(117)52(108)42(27-128-77)138-79-65(121)58(114)72(38(23-97)135-79)143-85-69(125)74(53(109)37(22-96)134-85)145-81-64(120)56(112)51(107)41(139-81)28-129-86-76(57(113)47(103)31(2)132-86)147-80-63(119)55(111)50(106)36(21-95)133-80/h10,30-32,34-87,95-125H,11-29H2,1-9H3/t30-,31-,32-,34-,35-,36+,37+,38+,39+,40+,41+,42+,43-,44+,45-,46-,47-,48-,49+,50+,51+,52+,53+,54+,55-,56-,57+,58+,59+,60+,61+,62+,63+,64+,65+,66+,67+,68+,69+,70+,71+,72+,73+,74-,75+,76+,77-,78-,79-,80-,81-,82-,83-,84-,85-,86+,87-,90-,91-,92+,93+,94-/m0/s1. The molecule has 15 fully saturated rings. The van der Waals surface area contributed by atoms with Crippen molar-refractivity contribution in [3.8, 4) is 0 Å². The largest absolute Gasteiger partial charge is 0.432 e. The Morgan fingerprint density at radius 2 is 0.730 bits per heavy atom. The maximum atomic E-state index is 15.5. The van der Waals surface area contributed by atoms with Gasteiger partial charge in [-0.3, -0.25) is 4.79 Å². The third-order valence-corrected chi connectivity index (χ3v) is 35.5. The average molecular weight is 2150 g/mol. The number of carbonyl (C=O) groups excluding carboxylic acids is 1. The fourth-order valence-corrected chi connectivity index (χ4v) is 26.0. The third kappa shape index (κ3) is 21.6. The van der Waals surface area contributed by atoms with Gasteiger partial charge >= 0.3 is 5.97 Å². The van der Waals surface area contributed by atoms with Gasteiger partial charge in [-0.25, -0.2) is 0 Å². The van der Waals surface area contributed by atoms with E-state index in [0.717, 1.165) is 5.57 Å². The van der Waals surface area contributed by atoms with Crippen molar-refractivity contribution in [1.82, 2.24) is 0 Å². The molecule has 0 aromatic rings. The lowest BCUT2D eigenvalue weighted by Gasteiger charge is -2.71. The van der Waals surface area contributed by atoms with Crippen LogP contribution in [0, 0.1) is 50.2 Å². The normalized spacial score (nSPS) is 55.2. The molecule has 854 valence electrons. The second kappa shape index (κ2) is 46.4. The van der Waals surface area contributed by atoms with E-state index < -0.39 is 430 Å². The Morgan fingerprint density at radius 1 is 0.331 bits per heavy atom. The molecule has 148 heavy (non-hydrogen) atoms. The molecule has 0 unspecified atom stereocenters. The Hall–Kier alpha value is -2.87. The molecule has 0 aromatic heterocycles. The summed E-state index contributed by atoms with van der Waals surface area (Å²) < 4.78 is 130. The van der Waals surface area contributed by atoms with Gasteiger partial charge in [-0.05, 0) is 124 Å². The van der Waals surface area contributed by atoms with E-state index in [1.54, 1.807) is 0 Å². The Balaban J connectivity index is 0.526. The molecule has 62 atom stereocenters. The average Bonchev–Trinajstić information content (AvgIpc) is 0.671. The quantitative estimate of drug-likeness (QED) is 0.0188. The van der Waals surface area contributed by atoms with Crippen molar-refractivity contribution >= 4 is 5.97 Å². The van der Waals surface area contributed by atoms with E-state index in [1.165, 1.54) is 20.8 Å². The molecule has 0 spiro atoms. The highest BCUT2D eigenvalue weighted by Gasteiger charge is 2.72. The van der Waals surface area contributed by atoms with Crippen LogP contribution in [0.15, 0.2) is 11.6 Å². The van der Waals surface area contributed by atoms with Crippen molar-refractivity contribution in [2.75, 3.05) is 59.5 Å². The summed E-state index contributed by atoms with van der Waals surface area (Å²) in [5, 5.41) is 345. The summed E-state index contributed by atoms with van der Waals surface area (Å²) >= 11 is 0. The Labute approximate surface area is 849 Å². The van der Waals surface area contributed by atoms with Crippen molar-refractivity contribution in [1.29, 1.82) is 0 Å². The number of carbonyl (C=O) groups is 1. The zero-order chi connectivity index (χ0) is 108. The zero-order valence-electron chi connectivity index (χ0n) is 83.2. The van der Waals surface area contributed by atoms with Crippen LogP contribution in [0.1, 0.15) is 127 Å². The minimum atomic E-state index is -2.27. The molecule has 4 saturated carbocycles. The van der Waals surface area contributed by atoms with Crippen LogP contribution in [0.25, 0.3) is 0 Å². The first-order valence-electron chi connectivity index (χ1n) is 51.0. The molecule has 0 radical (unpaired) electrons. The summed E-state index contributed by atoms with van der Waals surface area (Å²) in [5.41, 5.74) is -2.87. The molecular weight excluding hydrogens is 1990 g/mol. The summed E-state index contributed by atoms with van der Waals surface area (Å²) in [6.45, 7) is 9.81. The van der Waals surface area contributed by atoms with E-state index in [9.17, 15) is 158 Å². The number of aliphatic hydroxyl groups excluding tert-OH is 31. The van der Waals surface area contributed by atoms with Gasteiger partial charge in [0.2, 0.25) is 6.29 Å². The molecule has 11 heterocycles. The predicted octanol–water partition coefficient (Wildman–Crippen LogP) is -13.9. The highest BCUT2D eigenvalue weighted by Crippen LogP contribution is 2.76. The number of hydrogen-bond acceptors (Lipinski definition) is 54. The number of fused-ring (bicyclic) bond motifs is 7. The number of aliphatic hydroxyl groups is 31. The van der Waals surface area contributed by atoms with Crippen LogP contribution in [0.3, 0.4) is 0 Å². The van der Waals surface area contributed by atoms with Crippen LogP contribution >= 0.6 is 0 Å². The number of hydrogen-bond donors (Lipinski definition) is 31. The second-order valence-corrected chi connectivity index (χ2v) is 44.9. The third-order valence-electron chi connectivity index (χ3n) is 35.5. The molecule has 0 amide bonds. The lowest BCUT2D eigenvalue weighted by Crippen LogP contribution is -2.67. The molecule has 0 aromatic carbocycles. The van der Waals surface area contributed by atoms with Gasteiger partial charge in [-0.2, -0.15) is 0 Å². The number of ether oxygens (including phenoxy) is 22. The first-order valence-corrected chi connectivity index (χ1v) is 51.0. The summed E-state index contributed by atoms with van der Waals surface area (Å²) in [6.07, 6.45) is -91.3. The van der Waals surface area contributed by atoms with Gasteiger partial charge in [-0.1, -0.05) is 53.2 Å². The summed E-state index contributed by atoms with van der Waals surface area (Å²) in [7, 11) is 0. The Morgan fingerprint density at radius 3 is 1.28 bits per heavy atom. The number of rotatable bonds is 29. The van der Waals surface area contributed by atoms with Gasteiger partial charge in [-0.15, -0.1) is 0 Å². The van der Waals surface area contributed by atoms with Crippen molar-refractivity contribution in [3.63, 3.8) is 0 Å². The molecule has 16 aliphatic rings. The lowest BCUT2D eigenvalue weighted by atomic mass is 9.33. The molecule has 31 N–H and O–H groups in total. The SMILES string of the molecule is C[C@@H]1O[C@@H](O[C@H]2[C@H](O)[C@@H](O)[C@H](O[C@H]3[C@H](O)[C@@H](O)[C@H](OC(=O)[C@]45CCC(C)(C)C[C@H]4C4=CC[C@@H]6[C@@]7(C)CC[C@H](O[C@@H]8OC[C@H](O)[C@@H](O)[C@H]8O[C@@H]8O[C@@H](C)[C@H](O)[C@@H](O[C@@H]9OC[C@@H](O[C@@H]%10O[C@H](CO)[C@@H](O[C@@H]%11O[C@H](CO)[C@@H](O)[C@H](O[C@@H]%12O[C@H](CO[C@@H]%13O[C@@H](C)[C@H](O)[C@@H](O)[C@H]%13O[C@@H]%13O[C@H](CO)[C@@H](O)[C@H](O)[C@H]%13O)[C@@H](O)[C@H](O)[C@H]%12O)[C@H]%11O)[C@H](O)[C@H]%10O)[C@@H](O)[C@H]9O)[C@H]8O)[C@@](C)(CO)[C@H]7CC[C@@]6(C)[C@]4(C)CC5)O[C@@H]3CO)O[C@@H]2CO)[C@H](O)[C@H](O)[C@H]1O. The van der Waals surface area contributed by atoms with E-state index in [4.69, 9.17) is 104 Å². The number of esters is 1. The maximum absolute atomic E-state index is 15.5. The molecule has 54 heteroatoms. The highest BCUT2D eigenvalue weighted by atomic mass is 16.8. The Kier molecular flexibility index (Phi) is 36.9. The zero-order valence-corrected chi connectivity index (χ0v) is 83.2. The summed E-state index contributed by atoms with van der Waals surface area (Å²) in [4.78, 5) is 15.5. The van der Waals surface area contributed by atoms with Crippen molar-refractivity contribution < 1.29 is 267 Å². The first kappa shape index (κ1) is 118. The van der Waals surface area contributed by atoms with Gasteiger partial charge in [0.15, 0.2) is 62.9 Å². The molecule has 11 saturated heterocycles. The fraction of sp³-hybridized carbons (Fsp3) is 0.968. The minimum Gasteiger partial charge on any atom is -0.432 e. The van der Waals surface area contributed by atoms with E-state index in [1.807, 2.05) is 6.92 Å². The molecule has 11 aliphatic heterocycles. The number of allylic oxidation sites excluding steroid dienone is 2. The van der Waals surface area contributed by atoms with Crippen LogP contribution < -0.4 is 0 Å². The van der Waals surface area contributed by atoms with Gasteiger partial charge in [0.1, 0.15) is 238 Å². The summed E-state index contributed by atoms with van der Waals surface area (Å²) in [6, 6.07) is 0. The van der Waals surface area contributed by atoms with Crippen LogP contribution in [0.5, 0.6) is 0 Å². The minimum absolute atomic E-state index is 0.0264. The van der Waals surface area contributed by atoms with Crippen LogP contribution in [-0.4, -0.2) is 555 Å². The van der Waals surface area contributed by atoms with E-state index in [2.05, 4.69) is 40.7 Å². The van der Waals surface area contributed by atoms with Crippen LogP contribution in [0.2, 0.25) is 0 Å². The molecule has 5 aliphatic carbocycles. The van der Waals surface area contributed by atoms with E-state index >= 15 is 4.79 Å². The van der Waals surface area contributed by atoms with Crippen LogP contribution in [0.4, 0.5) is 0 Å². The second-order valence-electron chi connectivity index (χ2n) is 44.9. The van der Waals surface area contributed by atoms with Gasteiger partial charge in [0.25, 0.3) is 0 Å². The maximum Gasteiger partial charge on any atom is 0.315 e. The molecule has 16 rings (SSSR count). The van der Waals surface area contributed by atoms with Crippen molar-refractivity contribution in [3.05, 3.63) is 11.6 Å². The molecular formula is C94H154O54. The fourth-order valence-electron chi connectivity index (χ4n) is 26.0. The lowest BCUT2D eigenvalue weighted by molar-refractivity contribution is -0.392. The van der Waals surface area contributed by atoms with E-state index in [0.29, 0.717) is 64.2 Å². The smallest absolute Gasteiger partial charge is 0.315 e. The van der Waals surface area contributed by atoms with E-state index in [-0.39, 0.29) is 17.3 Å². The van der Waals surface area contributed by atoms with Crippen LogP contribution in [-0.2, 0) is 109 Å². The highest BCUT2D eigenvalue weighted by molar-refractivity contribution is 5.79. The van der Waals surface area contributed by atoms with Gasteiger partial charge in [0, 0.05) is 5.41 Å². The molecule has 54 nitrogen and oxygen atoms in total. The predicted molar refractivity (Wildman–Crippen MR) is 476 cm³/mol. The Bertz CT molecular complexity index is 4330. The topological polar surface area (TPSA) is 847 Å². The van der Waals surface area contributed by atoms with Gasteiger partial charge in [0.05, 0.1) is 89.3 Å². The summed E-state index contributed by atoms with van der Waals surface area (Å²) in [5.74, 6) is -1.36.